The van der Waals surface area contributed by atoms with Gasteiger partial charge in [0.15, 0.2) is 15.6 Å². The van der Waals surface area contributed by atoms with Crippen molar-refractivity contribution >= 4 is 27.0 Å². The molecule has 0 aliphatic rings. The van der Waals surface area contributed by atoms with Crippen molar-refractivity contribution in [1.82, 2.24) is 0 Å². The van der Waals surface area contributed by atoms with Crippen LogP contribution in [0.4, 0.5) is 0 Å². The lowest BCUT2D eigenvalue weighted by atomic mass is 10.0. The Morgan fingerprint density at radius 3 is 2.27 bits per heavy atom. The molecule has 5 heteroatoms. The number of aryl methyl sites for hydroxylation is 1. The Morgan fingerprint density at radius 2 is 1.93 bits per heavy atom. The van der Waals surface area contributed by atoms with Gasteiger partial charge >= 0.3 is 0 Å². The van der Waals surface area contributed by atoms with Crippen LogP contribution in [0.25, 0.3) is 0 Å². The third-order valence-electron chi connectivity index (χ3n) is 2.47. The second-order valence-electron chi connectivity index (χ2n) is 4.06. The summed E-state index contributed by atoms with van der Waals surface area (Å²) in [4.78, 5) is 13.0. The van der Waals surface area contributed by atoms with E-state index in [9.17, 15) is 13.2 Å². The van der Waals surface area contributed by atoms with Gasteiger partial charge in [-0.1, -0.05) is 0 Å². The summed E-state index contributed by atoms with van der Waals surface area (Å²) in [6.45, 7) is 4.77. The van der Waals surface area contributed by atoms with Gasteiger partial charge in [0.1, 0.15) is 4.75 Å². The first-order valence-corrected chi connectivity index (χ1v) is 7.23. The van der Waals surface area contributed by atoms with E-state index < -0.39 is 14.6 Å². The third-order valence-corrected chi connectivity index (χ3v) is 5.37. The number of hydrogen-bond acceptors (Lipinski definition) is 4. The number of Topliss-reactive ketones (excluding diaryl/α,β-unsaturated/α-hetero) is 1. The Bertz CT molecular complexity index is 481. The maximum Gasteiger partial charge on any atom is 0.184 e. The molecule has 0 atom stereocenters. The van der Waals surface area contributed by atoms with E-state index in [1.807, 2.05) is 6.92 Å². The van der Waals surface area contributed by atoms with Crippen LogP contribution in [-0.2, 0) is 9.84 Å². The lowest BCUT2D eigenvalue weighted by Crippen LogP contribution is -2.39. The van der Waals surface area contributed by atoms with Crippen molar-refractivity contribution in [1.29, 1.82) is 0 Å². The average molecular weight is 246 g/mol. The SMILES string of the molecule is Cc1cc(C(=O)C(C)(C)S(C)(=O)=O)cs1. The van der Waals surface area contributed by atoms with Gasteiger partial charge in [-0.25, -0.2) is 8.42 Å². The van der Waals surface area contributed by atoms with Crippen LogP contribution in [0.5, 0.6) is 0 Å². The van der Waals surface area contributed by atoms with Crippen LogP contribution in [-0.4, -0.2) is 25.2 Å². The van der Waals surface area contributed by atoms with Crippen molar-refractivity contribution in [2.75, 3.05) is 6.26 Å². The van der Waals surface area contributed by atoms with Gasteiger partial charge in [0, 0.05) is 22.1 Å². The molecule has 0 spiro atoms. The highest BCUT2D eigenvalue weighted by molar-refractivity contribution is 7.92. The van der Waals surface area contributed by atoms with Gasteiger partial charge in [0.05, 0.1) is 0 Å². The minimum absolute atomic E-state index is 0.339. The normalized spacial score (nSPS) is 12.8. The van der Waals surface area contributed by atoms with E-state index in [0.717, 1.165) is 11.1 Å². The summed E-state index contributed by atoms with van der Waals surface area (Å²) in [5, 5.41) is 1.70. The number of rotatable bonds is 3. The van der Waals surface area contributed by atoms with Crippen LogP contribution in [0, 0.1) is 6.92 Å². The number of thiophene rings is 1. The number of carbonyl (C=O) groups excluding carboxylic acids is 1. The largest absolute Gasteiger partial charge is 0.292 e. The second kappa shape index (κ2) is 3.72. The molecule has 84 valence electrons. The third kappa shape index (κ3) is 2.29. The molecule has 0 aliphatic carbocycles. The molecule has 15 heavy (non-hydrogen) atoms. The molecule has 0 aromatic carbocycles. The van der Waals surface area contributed by atoms with Crippen LogP contribution in [0.2, 0.25) is 0 Å². The maximum absolute atomic E-state index is 12.0. The zero-order valence-electron chi connectivity index (χ0n) is 9.20. The van der Waals surface area contributed by atoms with E-state index in [2.05, 4.69) is 0 Å². The summed E-state index contributed by atoms with van der Waals surface area (Å²) in [7, 11) is -3.39. The van der Waals surface area contributed by atoms with E-state index in [1.165, 1.54) is 25.2 Å². The molecule has 1 rings (SSSR count). The van der Waals surface area contributed by atoms with Crippen LogP contribution in [0.1, 0.15) is 29.1 Å². The zero-order valence-corrected chi connectivity index (χ0v) is 10.8. The molecule has 0 amide bonds. The van der Waals surface area contributed by atoms with Gasteiger partial charge in [0.25, 0.3) is 0 Å². The van der Waals surface area contributed by atoms with Gasteiger partial charge in [-0.3, -0.25) is 4.79 Å². The predicted octanol–water partition coefficient (Wildman–Crippen LogP) is 2.06. The zero-order chi connectivity index (χ0) is 11.9. The Labute approximate surface area is 94.0 Å². The molecule has 0 aliphatic heterocycles. The van der Waals surface area contributed by atoms with Crippen molar-refractivity contribution in [2.24, 2.45) is 0 Å². The first kappa shape index (κ1) is 12.4. The van der Waals surface area contributed by atoms with Gasteiger partial charge in [-0.05, 0) is 26.8 Å². The summed E-state index contributed by atoms with van der Waals surface area (Å²) in [5.41, 5.74) is 0.480. The minimum Gasteiger partial charge on any atom is -0.292 e. The summed E-state index contributed by atoms with van der Waals surface area (Å²) in [5.74, 6) is -0.339. The van der Waals surface area contributed by atoms with E-state index >= 15 is 0 Å². The predicted molar refractivity (Wildman–Crippen MR) is 62.3 cm³/mol. The molecular formula is C10H14O3S2. The fraction of sp³-hybridized carbons (Fsp3) is 0.500. The Hall–Kier alpha value is -0.680. The molecule has 0 saturated heterocycles. The Kier molecular flexibility index (Phi) is 3.07. The molecule has 1 aromatic rings. The van der Waals surface area contributed by atoms with Gasteiger partial charge in [0.2, 0.25) is 0 Å². The summed E-state index contributed by atoms with van der Waals surface area (Å²) >= 11 is 1.44. The van der Waals surface area contributed by atoms with Gasteiger partial charge < -0.3 is 0 Å². The van der Waals surface area contributed by atoms with E-state index in [1.54, 1.807) is 11.4 Å². The maximum atomic E-state index is 12.0. The average Bonchev–Trinajstić information content (AvgIpc) is 2.48. The van der Waals surface area contributed by atoms with Crippen LogP contribution >= 0.6 is 11.3 Å². The van der Waals surface area contributed by atoms with E-state index in [-0.39, 0.29) is 5.78 Å². The Morgan fingerprint density at radius 1 is 1.40 bits per heavy atom. The fourth-order valence-corrected chi connectivity index (χ4v) is 2.22. The molecule has 3 nitrogen and oxygen atoms in total. The summed E-state index contributed by atoms with van der Waals surface area (Å²) in [6.07, 6.45) is 1.09. The number of hydrogen-bond donors (Lipinski definition) is 0. The summed E-state index contributed by atoms with van der Waals surface area (Å²) in [6, 6.07) is 1.72. The highest BCUT2D eigenvalue weighted by atomic mass is 32.2. The van der Waals surface area contributed by atoms with Gasteiger partial charge in [-0.2, -0.15) is 0 Å². The topological polar surface area (TPSA) is 51.2 Å². The molecule has 1 heterocycles. The van der Waals surface area contributed by atoms with Crippen molar-refractivity contribution < 1.29 is 13.2 Å². The van der Waals surface area contributed by atoms with Crippen LogP contribution in [0.15, 0.2) is 11.4 Å². The minimum atomic E-state index is -3.39. The van der Waals surface area contributed by atoms with Crippen LogP contribution < -0.4 is 0 Å². The molecule has 0 saturated carbocycles. The fourth-order valence-electron chi connectivity index (χ4n) is 1.08. The molecule has 0 radical (unpaired) electrons. The van der Waals surface area contributed by atoms with Crippen molar-refractivity contribution in [3.63, 3.8) is 0 Å². The molecule has 0 bridgehead atoms. The highest BCUT2D eigenvalue weighted by Gasteiger charge is 2.39. The second-order valence-corrected chi connectivity index (χ2v) is 7.74. The van der Waals surface area contributed by atoms with Gasteiger partial charge in [-0.15, -0.1) is 11.3 Å². The Balaban J connectivity index is 3.16. The first-order chi connectivity index (χ1) is 6.66. The molecule has 0 N–H and O–H groups in total. The molecule has 0 fully saturated rings. The first-order valence-electron chi connectivity index (χ1n) is 4.46. The number of sulfone groups is 1. The summed E-state index contributed by atoms with van der Waals surface area (Å²) < 4.78 is 21.6. The van der Waals surface area contributed by atoms with Crippen molar-refractivity contribution in [3.05, 3.63) is 21.9 Å². The smallest absolute Gasteiger partial charge is 0.184 e. The molecular weight excluding hydrogens is 232 g/mol. The lowest BCUT2D eigenvalue weighted by Gasteiger charge is -2.19. The number of ketones is 1. The molecule has 1 aromatic heterocycles. The van der Waals surface area contributed by atoms with E-state index in [4.69, 9.17) is 0 Å². The quantitative estimate of drug-likeness (QED) is 0.767. The van der Waals surface area contributed by atoms with E-state index in [0.29, 0.717) is 5.56 Å². The van der Waals surface area contributed by atoms with Crippen molar-refractivity contribution in [2.45, 2.75) is 25.5 Å². The number of carbonyl (C=O) groups is 1. The lowest BCUT2D eigenvalue weighted by molar-refractivity contribution is 0.0954. The van der Waals surface area contributed by atoms with Crippen LogP contribution in [0.3, 0.4) is 0 Å². The highest BCUT2D eigenvalue weighted by Crippen LogP contribution is 2.24. The van der Waals surface area contributed by atoms with Crippen molar-refractivity contribution in [3.8, 4) is 0 Å². The monoisotopic (exact) mass is 246 g/mol. The molecule has 0 unspecified atom stereocenters. The standard InChI is InChI=1S/C10H14O3S2/c1-7-5-8(6-14-7)9(11)10(2,3)15(4,12)13/h5-6H,1-4H3.